The molecule has 1 aromatic rings. The Hall–Kier alpha value is -1.06. The van der Waals surface area contributed by atoms with Gasteiger partial charge in [-0.2, -0.15) is 0 Å². The van der Waals surface area contributed by atoms with Crippen molar-refractivity contribution in [3.8, 4) is 5.75 Å². The third-order valence-electron chi connectivity index (χ3n) is 4.30. The van der Waals surface area contributed by atoms with Gasteiger partial charge in [0.2, 0.25) is 0 Å². The highest BCUT2D eigenvalue weighted by Gasteiger charge is 2.34. The van der Waals surface area contributed by atoms with Gasteiger partial charge in [-0.25, -0.2) is 0 Å². The second kappa shape index (κ2) is 4.90. The number of phenolic OH excluding ortho intramolecular Hbond substituents is 1. The van der Waals surface area contributed by atoms with E-state index in [0.29, 0.717) is 11.8 Å². The van der Waals surface area contributed by atoms with E-state index in [9.17, 15) is 5.11 Å². The summed E-state index contributed by atoms with van der Waals surface area (Å²) in [5.74, 6) is 1.24. The highest BCUT2D eigenvalue weighted by molar-refractivity contribution is 5.35. The molecule has 1 aromatic carbocycles. The second-order valence-corrected chi connectivity index (χ2v) is 5.79. The quantitative estimate of drug-likeness (QED) is 0.836. The van der Waals surface area contributed by atoms with Crippen LogP contribution in [0.5, 0.6) is 5.75 Å². The number of hydrogen-bond donors (Lipinski definition) is 2. The van der Waals surface area contributed by atoms with E-state index in [-0.39, 0.29) is 0 Å². The molecule has 2 heterocycles. The lowest BCUT2D eigenvalue weighted by atomic mass is 9.94. The Balaban J connectivity index is 1.68. The maximum absolute atomic E-state index is 9.91. The van der Waals surface area contributed by atoms with Gasteiger partial charge < -0.3 is 10.4 Å². The molecule has 3 rings (SSSR count). The van der Waals surface area contributed by atoms with Crippen molar-refractivity contribution in [1.29, 1.82) is 0 Å². The zero-order valence-corrected chi connectivity index (χ0v) is 11.0. The third-order valence-corrected chi connectivity index (χ3v) is 4.30. The fraction of sp³-hybridized carbons (Fsp3) is 0.600. The molecule has 0 bridgehead atoms. The molecular formula is C15H22N2O. The topological polar surface area (TPSA) is 35.5 Å². The van der Waals surface area contributed by atoms with Crippen molar-refractivity contribution >= 4 is 0 Å². The van der Waals surface area contributed by atoms with E-state index in [2.05, 4.69) is 23.2 Å². The van der Waals surface area contributed by atoms with E-state index in [1.54, 1.807) is 0 Å². The Morgan fingerprint density at radius 3 is 3.11 bits per heavy atom. The predicted octanol–water partition coefficient (Wildman–Crippen LogP) is 1.88. The number of nitrogens with zero attached hydrogens (tertiary/aromatic N) is 1. The average Bonchev–Trinajstić information content (AvgIpc) is 2.76. The number of likely N-dealkylation sites (tertiary alicyclic amines) is 1. The number of phenols is 1. The minimum absolute atomic E-state index is 0.434. The van der Waals surface area contributed by atoms with E-state index in [1.807, 2.05) is 12.1 Å². The summed E-state index contributed by atoms with van der Waals surface area (Å²) in [6, 6.07) is 6.55. The zero-order valence-electron chi connectivity index (χ0n) is 11.0. The van der Waals surface area contributed by atoms with Gasteiger partial charge in [-0.1, -0.05) is 17.7 Å². The summed E-state index contributed by atoms with van der Waals surface area (Å²) >= 11 is 0. The van der Waals surface area contributed by atoms with E-state index in [1.165, 1.54) is 31.5 Å². The average molecular weight is 246 g/mol. The first-order valence-electron chi connectivity index (χ1n) is 6.96. The molecule has 0 amide bonds. The van der Waals surface area contributed by atoms with Gasteiger partial charge in [0.05, 0.1) is 0 Å². The minimum atomic E-state index is 0.434. The number of fused-ring (bicyclic) bond motifs is 1. The normalized spacial score (nSPS) is 28.3. The molecular weight excluding hydrogens is 224 g/mol. The van der Waals surface area contributed by atoms with Crippen LogP contribution in [-0.2, 0) is 6.54 Å². The van der Waals surface area contributed by atoms with Crippen LogP contribution in [-0.4, -0.2) is 35.7 Å². The molecule has 3 nitrogen and oxygen atoms in total. The van der Waals surface area contributed by atoms with E-state index in [0.717, 1.165) is 24.6 Å². The van der Waals surface area contributed by atoms with Crippen LogP contribution in [0, 0.1) is 12.8 Å². The summed E-state index contributed by atoms with van der Waals surface area (Å²) in [4.78, 5) is 2.47. The molecule has 0 spiro atoms. The second-order valence-electron chi connectivity index (χ2n) is 5.79. The Labute approximate surface area is 109 Å². The minimum Gasteiger partial charge on any atom is -0.508 e. The molecule has 2 N–H and O–H groups in total. The Kier molecular flexibility index (Phi) is 3.27. The number of hydrogen-bond acceptors (Lipinski definition) is 3. The molecule has 3 heteroatoms. The van der Waals surface area contributed by atoms with Crippen LogP contribution in [0.3, 0.4) is 0 Å². The zero-order chi connectivity index (χ0) is 12.5. The first-order chi connectivity index (χ1) is 8.72. The number of piperidine rings is 1. The van der Waals surface area contributed by atoms with Crippen molar-refractivity contribution in [2.24, 2.45) is 5.92 Å². The molecule has 0 aliphatic carbocycles. The fourth-order valence-corrected chi connectivity index (χ4v) is 3.35. The maximum atomic E-state index is 9.91. The molecule has 98 valence electrons. The third kappa shape index (κ3) is 2.38. The van der Waals surface area contributed by atoms with Gasteiger partial charge in [-0.05, 0) is 38.3 Å². The molecule has 2 aliphatic rings. The molecule has 0 radical (unpaired) electrons. The molecule has 2 saturated heterocycles. The van der Waals surface area contributed by atoms with E-state index >= 15 is 0 Å². The summed E-state index contributed by atoms with van der Waals surface area (Å²) in [5, 5.41) is 13.5. The number of rotatable bonds is 2. The first kappa shape index (κ1) is 12.0. The van der Waals surface area contributed by atoms with Gasteiger partial charge in [-0.15, -0.1) is 0 Å². The van der Waals surface area contributed by atoms with Gasteiger partial charge in [-0.3, -0.25) is 4.90 Å². The predicted molar refractivity (Wildman–Crippen MR) is 72.6 cm³/mol. The highest BCUT2D eigenvalue weighted by Crippen LogP contribution is 2.28. The number of benzene rings is 1. The molecule has 0 saturated carbocycles. The Morgan fingerprint density at radius 1 is 1.39 bits per heavy atom. The monoisotopic (exact) mass is 246 g/mol. The molecule has 2 atom stereocenters. The maximum Gasteiger partial charge on any atom is 0.120 e. The van der Waals surface area contributed by atoms with Crippen molar-refractivity contribution in [3.63, 3.8) is 0 Å². The summed E-state index contributed by atoms with van der Waals surface area (Å²) in [7, 11) is 0. The van der Waals surface area contributed by atoms with Crippen molar-refractivity contribution in [3.05, 3.63) is 29.3 Å². The summed E-state index contributed by atoms with van der Waals surface area (Å²) < 4.78 is 0. The Bertz CT molecular complexity index is 419. The van der Waals surface area contributed by atoms with Gasteiger partial charge in [0, 0.05) is 31.2 Å². The van der Waals surface area contributed by atoms with Crippen LogP contribution in [0.4, 0.5) is 0 Å². The van der Waals surface area contributed by atoms with Crippen LogP contribution in [0.15, 0.2) is 18.2 Å². The van der Waals surface area contributed by atoms with Crippen LogP contribution < -0.4 is 5.32 Å². The van der Waals surface area contributed by atoms with E-state index in [4.69, 9.17) is 0 Å². The van der Waals surface area contributed by atoms with Gasteiger partial charge >= 0.3 is 0 Å². The van der Waals surface area contributed by atoms with Crippen molar-refractivity contribution < 1.29 is 5.11 Å². The molecule has 18 heavy (non-hydrogen) atoms. The SMILES string of the molecule is Cc1ccc(O)c(CN2C[C@@H]3CCCN[C@@H]3C2)c1. The summed E-state index contributed by atoms with van der Waals surface area (Å²) in [6.45, 7) is 6.42. The highest BCUT2D eigenvalue weighted by atomic mass is 16.3. The fourth-order valence-electron chi connectivity index (χ4n) is 3.35. The van der Waals surface area contributed by atoms with E-state index < -0.39 is 0 Å². The van der Waals surface area contributed by atoms with Gasteiger partial charge in [0.25, 0.3) is 0 Å². The lowest BCUT2D eigenvalue weighted by molar-refractivity contribution is 0.307. The lowest BCUT2D eigenvalue weighted by Crippen LogP contribution is -2.40. The largest absolute Gasteiger partial charge is 0.508 e. The van der Waals surface area contributed by atoms with Crippen LogP contribution in [0.25, 0.3) is 0 Å². The summed E-state index contributed by atoms with van der Waals surface area (Å²) in [5.41, 5.74) is 2.28. The first-order valence-corrected chi connectivity index (χ1v) is 6.96. The molecule has 0 unspecified atom stereocenters. The number of aromatic hydroxyl groups is 1. The van der Waals surface area contributed by atoms with Crippen LogP contribution >= 0.6 is 0 Å². The van der Waals surface area contributed by atoms with Crippen molar-refractivity contribution in [2.75, 3.05) is 19.6 Å². The smallest absolute Gasteiger partial charge is 0.120 e. The van der Waals surface area contributed by atoms with Crippen molar-refractivity contribution in [1.82, 2.24) is 10.2 Å². The van der Waals surface area contributed by atoms with Crippen molar-refractivity contribution in [2.45, 2.75) is 32.4 Å². The van der Waals surface area contributed by atoms with Gasteiger partial charge in [0.1, 0.15) is 5.75 Å². The Morgan fingerprint density at radius 2 is 2.28 bits per heavy atom. The molecule has 2 aliphatic heterocycles. The lowest BCUT2D eigenvalue weighted by Gasteiger charge is -2.24. The molecule has 2 fully saturated rings. The van der Waals surface area contributed by atoms with Crippen LogP contribution in [0.2, 0.25) is 0 Å². The standard InChI is InChI=1S/C15H22N2O/c1-11-4-5-15(18)13(7-11)9-17-8-12-3-2-6-16-14(12)10-17/h4-5,7,12,14,16,18H,2-3,6,8-10H2,1H3/t12-,14+/m0/s1. The number of aryl methyl sites for hydroxylation is 1. The van der Waals surface area contributed by atoms with Gasteiger partial charge in [0.15, 0.2) is 0 Å². The van der Waals surface area contributed by atoms with Crippen LogP contribution in [0.1, 0.15) is 24.0 Å². The summed E-state index contributed by atoms with van der Waals surface area (Å²) in [6.07, 6.45) is 2.67. The molecule has 0 aromatic heterocycles. The number of nitrogens with one attached hydrogen (secondary N) is 1.